The van der Waals surface area contributed by atoms with E-state index in [2.05, 4.69) is 5.32 Å². The molecule has 0 spiro atoms. The first-order chi connectivity index (χ1) is 7.57. The lowest BCUT2D eigenvalue weighted by atomic mass is 9.85. The molecule has 0 aromatic carbocycles. The molecule has 1 saturated carbocycles. The molecule has 0 bridgehead atoms. The van der Waals surface area contributed by atoms with Crippen LogP contribution in [0.2, 0.25) is 0 Å². The maximum atomic E-state index is 11.5. The standard InChI is InChI=1S/C11H19NO3S/c13-11(10-2-1-3-10)12-6-4-9-5-7-16(14,15)8-9/h9-10H,1-8H2,(H,12,13). The van der Waals surface area contributed by atoms with E-state index in [1.807, 2.05) is 0 Å². The molecule has 2 rings (SSSR count). The maximum Gasteiger partial charge on any atom is 0.223 e. The molecule has 1 aliphatic carbocycles. The summed E-state index contributed by atoms with van der Waals surface area (Å²) in [5.74, 6) is 1.28. The average molecular weight is 245 g/mol. The third-order valence-corrected chi connectivity index (χ3v) is 5.49. The van der Waals surface area contributed by atoms with Crippen LogP contribution in [0.5, 0.6) is 0 Å². The Morgan fingerprint density at radius 3 is 2.50 bits per heavy atom. The Morgan fingerprint density at radius 1 is 1.25 bits per heavy atom. The van der Waals surface area contributed by atoms with Crippen LogP contribution in [0.3, 0.4) is 0 Å². The normalized spacial score (nSPS) is 28.6. The van der Waals surface area contributed by atoms with E-state index in [1.54, 1.807) is 0 Å². The lowest BCUT2D eigenvalue weighted by Crippen LogP contribution is -2.35. The SMILES string of the molecule is O=C(NCCC1CCS(=O)(=O)C1)C1CCC1. The van der Waals surface area contributed by atoms with Gasteiger partial charge in [-0.1, -0.05) is 6.42 Å². The molecular weight excluding hydrogens is 226 g/mol. The third kappa shape index (κ3) is 2.97. The van der Waals surface area contributed by atoms with E-state index in [0.29, 0.717) is 18.1 Å². The number of sulfone groups is 1. The molecule has 2 aliphatic rings. The highest BCUT2D eigenvalue weighted by atomic mass is 32.2. The number of carbonyl (C=O) groups excluding carboxylic acids is 1. The van der Waals surface area contributed by atoms with Crippen LogP contribution < -0.4 is 5.32 Å². The van der Waals surface area contributed by atoms with Gasteiger partial charge in [0.15, 0.2) is 9.84 Å². The summed E-state index contributed by atoms with van der Waals surface area (Å²) in [6, 6.07) is 0. The summed E-state index contributed by atoms with van der Waals surface area (Å²) in [6.07, 6.45) is 4.77. The van der Waals surface area contributed by atoms with Crippen molar-refractivity contribution in [2.45, 2.75) is 32.1 Å². The monoisotopic (exact) mass is 245 g/mol. The van der Waals surface area contributed by atoms with Crippen LogP contribution in [0.25, 0.3) is 0 Å². The summed E-state index contributed by atoms with van der Waals surface area (Å²) >= 11 is 0. The molecule has 0 aromatic heterocycles. The first-order valence-electron chi connectivity index (χ1n) is 6.05. The molecule has 0 radical (unpaired) electrons. The van der Waals surface area contributed by atoms with Crippen LogP contribution in [0.15, 0.2) is 0 Å². The Kier molecular flexibility index (Phi) is 3.52. The molecule has 1 aliphatic heterocycles. The largest absolute Gasteiger partial charge is 0.356 e. The van der Waals surface area contributed by atoms with Crippen molar-refractivity contribution in [3.05, 3.63) is 0 Å². The van der Waals surface area contributed by atoms with Crippen molar-refractivity contribution < 1.29 is 13.2 Å². The summed E-state index contributed by atoms with van der Waals surface area (Å²) in [5.41, 5.74) is 0. The molecule has 2 fully saturated rings. The first kappa shape index (κ1) is 11.9. The zero-order chi connectivity index (χ0) is 11.6. The van der Waals surface area contributed by atoms with Crippen molar-refractivity contribution in [2.24, 2.45) is 11.8 Å². The van der Waals surface area contributed by atoms with Gasteiger partial charge in [0.2, 0.25) is 5.91 Å². The van der Waals surface area contributed by atoms with E-state index >= 15 is 0 Å². The quantitative estimate of drug-likeness (QED) is 0.794. The van der Waals surface area contributed by atoms with Gasteiger partial charge in [0.1, 0.15) is 0 Å². The molecule has 1 unspecified atom stereocenters. The lowest BCUT2D eigenvalue weighted by molar-refractivity contribution is -0.127. The molecule has 16 heavy (non-hydrogen) atoms. The van der Waals surface area contributed by atoms with Crippen molar-refractivity contribution in [2.75, 3.05) is 18.1 Å². The minimum Gasteiger partial charge on any atom is -0.356 e. The van der Waals surface area contributed by atoms with Crippen molar-refractivity contribution in [1.82, 2.24) is 5.32 Å². The molecule has 4 nitrogen and oxygen atoms in total. The molecule has 1 amide bonds. The predicted octanol–water partition coefficient (Wildman–Crippen LogP) is 0.727. The Labute approximate surface area is 96.7 Å². The maximum absolute atomic E-state index is 11.5. The fourth-order valence-corrected chi connectivity index (χ4v) is 4.22. The second-order valence-corrected chi connectivity index (χ2v) is 7.21. The van der Waals surface area contributed by atoms with Crippen molar-refractivity contribution in [1.29, 1.82) is 0 Å². The Bertz CT molecular complexity index is 359. The van der Waals surface area contributed by atoms with E-state index in [0.717, 1.165) is 25.7 Å². The van der Waals surface area contributed by atoms with Gasteiger partial charge in [-0.2, -0.15) is 0 Å². The highest BCUT2D eigenvalue weighted by Gasteiger charge is 2.28. The molecular formula is C11H19NO3S. The van der Waals surface area contributed by atoms with Gasteiger partial charge in [0.05, 0.1) is 11.5 Å². The van der Waals surface area contributed by atoms with Gasteiger partial charge >= 0.3 is 0 Å². The van der Waals surface area contributed by atoms with Gasteiger partial charge in [-0.05, 0) is 31.6 Å². The minimum absolute atomic E-state index is 0.159. The molecule has 0 aromatic rings. The second kappa shape index (κ2) is 4.73. The van der Waals surface area contributed by atoms with E-state index < -0.39 is 9.84 Å². The number of hydrogen-bond donors (Lipinski definition) is 1. The van der Waals surface area contributed by atoms with Gasteiger partial charge < -0.3 is 5.32 Å². The molecule has 1 atom stereocenters. The Hall–Kier alpha value is -0.580. The van der Waals surface area contributed by atoms with Gasteiger partial charge in [-0.15, -0.1) is 0 Å². The van der Waals surface area contributed by atoms with Gasteiger partial charge in [0.25, 0.3) is 0 Å². The molecule has 92 valence electrons. The van der Waals surface area contributed by atoms with Gasteiger partial charge in [-0.25, -0.2) is 8.42 Å². The number of carbonyl (C=O) groups is 1. The predicted molar refractivity (Wildman–Crippen MR) is 61.7 cm³/mol. The first-order valence-corrected chi connectivity index (χ1v) is 7.87. The van der Waals surface area contributed by atoms with Crippen LogP contribution in [-0.4, -0.2) is 32.4 Å². The van der Waals surface area contributed by atoms with Crippen LogP contribution in [0, 0.1) is 11.8 Å². The summed E-state index contributed by atoms with van der Waals surface area (Å²) in [7, 11) is -2.77. The van der Waals surface area contributed by atoms with Crippen LogP contribution in [0.1, 0.15) is 32.1 Å². The fraction of sp³-hybridized carbons (Fsp3) is 0.909. The highest BCUT2D eigenvalue weighted by Crippen LogP contribution is 2.26. The van der Waals surface area contributed by atoms with Crippen molar-refractivity contribution in [3.63, 3.8) is 0 Å². The summed E-state index contributed by atoms with van der Waals surface area (Å²) in [5, 5.41) is 2.91. The van der Waals surface area contributed by atoms with Crippen LogP contribution >= 0.6 is 0 Å². The third-order valence-electron chi connectivity index (χ3n) is 3.65. The zero-order valence-electron chi connectivity index (χ0n) is 9.44. The van der Waals surface area contributed by atoms with E-state index in [-0.39, 0.29) is 17.7 Å². The van der Waals surface area contributed by atoms with Gasteiger partial charge in [0, 0.05) is 12.5 Å². The molecule has 1 N–H and O–H groups in total. The van der Waals surface area contributed by atoms with E-state index in [9.17, 15) is 13.2 Å². The van der Waals surface area contributed by atoms with Crippen molar-refractivity contribution in [3.8, 4) is 0 Å². The number of rotatable bonds is 4. The van der Waals surface area contributed by atoms with Crippen LogP contribution in [0.4, 0.5) is 0 Å². The molecule has 1 heterocycles. The zero-order valence-corrected chi connectivity index (χ0v) is 10.3. The van der Waals surface area contributed by atoms with E-state index in [1.165, 1.54) is 6.42 Å². The van der Waals surface area contributed by atoms with Crippen LogP contribution in [-0.2, 0) is 14.6 Å². The smallest absolute Gasteiger partial charge is 0.223 e. The average Bonchev–Trinajstić information content (AvgIpc) is 2.42. The molecule has 1 saturated heterocycles. The number of nitrogens with one attached hydrogen (secondary N) is 1. The minimum atomic E-state index is -2.77. The fourth-order valence-electron chi connectivity index (χ4n) is 2.31. The van der Waals surface area contributed by atoms with Gasteiger partial charge in [-0.3, -0.25) is 4.79 Å². The summed E-state index contributed by atoms with van der Waals surface area (Å²) in [6.45, 7) is 0.634. The topological polar surface area (TPSA) is 63.2 Å². The second-order valence-electron chi connectivity index (χ2n) is 4.98. The highest BCUT2D eigenvalue weighted by molar-refractivity contribution is 7.91. The Balaban J connectivity index is 1.63. The number of amides is 1. The van der Waals surface area contributed by atoms with E-state index in [4.69, 9.17) is 0 Å². The number of hydrogen-bond acceptors (Lipinski definition) is 3. The molecule has 5 heteroatoms. The summed E-state index contributed by atoms with van der Waals surface area (Å²) in [4.78, 5) is 11.5. The summed E-state index contributed by atoms with van der Waals surface area (Å²) < 4.78 is 22.4. The lowest BCUT2D eigenvalue weighted by Gasteiger charge is -2.24. The van der Waals surface area contributed by atoms with Crippen molar-refractivity contribution >= 4 is 15.7 Å². The Morgan fingerprint density at radius 2 is 2.00 bits per heavy atom.